The molecule has 3 heterocycles. The predicted molar refractivity (Wildman–Crippen MR) is 132 cm³/mol. The molecule has 1 atom stereocenters. The highest BCUT2D eigenvalue weighted by Gasteiger charge is 2.23. The Balaban J connectivity index is 1.58. The molecule has 0 radical (unpaired) electrons. The van der Waals surface area contributed by atoms with Crippen LogP contribution in [0.15, 0.2) is 42.6 Å². The number of rotatable bonds is 4. The Bertz CT molecular complexity index is 1490. The average molecular weight is 492 g/mol. The molecular formula is C25H23ClFN7O. The van der Waals surface area contributed by atoms with Crippen LogP contribution in [0, 0.1) is 12.4 Å². The topological polar surface area (TPSA) is 72.3 Å². The summed E-state index contributed by atoms with van der Waals surface area (Å²) in [6.45, 7) is 8.91. The number of imidazole rings is 1. The van der Waals surface area contributed by atoms with Crippen LogP contribution >= 0.6 is 11.6 Å². The number of aryl methyl sites for hydroxylation is 1. The summed E-state index contributed by atoms with van der Waals surface area (Å²) in [5, 5.41) is 8.68. The summed E-state index contributed by atoms with van der Waals surface area (Å²) in [5.74, 6) is -0.552. The lowest BCUT2D eigenvalue weighted by Gasteiger charge is -2.29. The van der Waals surface area contributed by atoms with E-state index in [4.69, 9.17) is 18.2 Å². The third-order valence-electron chi connectivity index (χ3n) is 6.25. The second-order valence-electron chi connectivity index (χ2n) is 8.79. The van der Waals surface area contributed by atoms with E-state index in [1.54, 1.807) is 28.6 Å². The number of amides is 1. The van der Waals surface area contributed by atoms with E-state index in [2.05, 4.69) is 25.1 Å². The first-order chi connectivity index (χ1) is 16.8. The van der Waals surface area contributed by atoms with Gasteiger partial charge in [0.2, 0.25) is 5.69 Å². The van der Waals surface area contributed by atoms with Crippen molar-refractivity contribution < 1.29 is 9.18 Å². The molecule has 0 unspecified atom stereocenters. The number of hydrogen-bond donors (Lipinski definition) is 1. The van der Waals surface area contributed by atoms with Crippen LogP contribution in [0.1, 0.15) is 23.3 Å². The van der Waals surface area contributed by atoms with Crippen LogP contribution in [-0.4, -0.2) is 56.3 Å². The molecule has 0 aliphatic carbocycles. The van der Waals surface area contributed by atoms with Crippen molar-refractivity contribution in [3.63, 3.8) is 0 Å². The number of nitrogens with zero attached hydrogens (tertiary/aromatic N) is 6. The first-order valence-electron chi connectivity index (χ1n) is 11.2. The smallest absolute Gasteiger partial charge is 0.271 e. The number of hydrogen-bond acceptors (Lipinski definition) is 4. The van der Waals surface area contributed by atoms with E-state index in [1.807, 2.05) is 25.2 Å². The second kappa shape index (κ2) is 9.13. The number of benzene rings is 2. The number of likely N-dealkylation sites (tertiary alicyclic amines) is 1. The first kappa shape index (κ1) is 23.0. The van der Waals surface area contributed by atoms with Crippen molar-refractivity contribution in [2.75, 3.05) is 20.1 Å². The van der Waals surface area contributed by atoms with Crippen LogP contribution in [0.3, 0.4) is 0 Å². The van der Waals surface area contributed by atoms with E-state index in [0.717, 1.165) is 36.8 Å². The molecule has 2 aromatic heterocycles. The van der Waals surface area contributed by atoms with Crippen molar-refractivity contribution in [1.29, 1.82) is 0 Å². The Labute approximate surface area is 206 Å². The van der Waals surface area contributed by atoms with Crippen molar-refractivity contribution in [3.8, 4) is 17.1 Å². The van der Waals surface area contributed by atoms with Crippen molar-refractivity contribution in [2.24, 2.45) is 7.05 Å². The highest BCUT2D eigenvalue weighted by molar-refractivity contribution is 6.34. The molecule has 1 amide bonds. The molecular weight excluding hydrogens is 469 g/mol. The molecule has 1 fully saturated rings. The van der Waals surface area contributed by atoms with Gasteiger partial charge in [-0.25, -0.2) is 14.2 Å². The Morgan fingerprint density at radius 3 is 2.83 bits per heavy atom. The first-order valence-corrected chi connectivity index (χ1v) is 11.6. The van der Waals surface area contributed by atoms with Gasteiger partial charge in [-0.15, -0.1) is 0 Å². The molecule has 0 bridgehead atoms. The van der Waals surface area contributed by atoms with E-state index in [9.17, 15) is 9.18 Å². The predicted octanol–water partition coefficient (Wildman–Crippen LogP) is 4.59. The van der Waals surface area contributed by atoms with E-state index in [0.29, 0.717) is 22.2 Å². The van der Waals surface area contributed by atoms with Gasteiger partial charge >= 0.3 is 0 Å². The fourth-order valence-corrected chi connectivity index (χ4v) is 4.67. The number of fused-ring (bicyclic) bond motifs is 1. The molecule has 1 saturated heterocycles. The fourth-order valence-electron chi connectivity index (χ4n) is 4.48. The number of piperidine rings is 1. The molecule has 35 heavy (non-hydrogen) atoms. The van der Waals surface area contributed by atoms with Gasteiger partial charge in [-0.05, 0) is 50.7 Å². The SMILES string of the molecule is [C-]#[N+]c1ccc(-c2nc(C(=O)N[C@@H]3CCCN(C)C3)cn2-c2ccc3nn(C)c(Cl)c3c2)cc1F. The average Bonchev–Trinajstić information content (AvgIpc) is 3.40. The number of likely N-dealkylation sites (N-methyl/N-ethyl adjacent to an activating group) is 1. The van der Waals surface area contributed by atoms with Crippen molar-refractivity contribution >= 4 is 34.1 Å². The van der Waals surface area contributed by atoms with Gasteiger partial charge in [0.1, 0.15) is 22.5 Å². The van der Waals surface area contributed by atoms with Crippen molar-refractivity contribution in [3.05, 3.63) is 70.7 Å². The van der Waals surface area contributed by atoms with Gasteiger partial charge in [-0.2, -0.15) is 5.10 Å². The standard InChI is InChI=1S/C25H23ClFN7O/c1-28-21-8-6-15(11-19(21)27)24-30-22(25(35)29-16-5-4-10-32(2)13-16)14-34(24)17-7-9-20-18(12-17)23(26)33(3)31-20/h6-9,11-12,14,16H,4-5,10,13H2,2-3H3,(H,29,35)/t16-/m1/s1. The molecule has 10 heteroatoms. The summed E-state index contributed by atoms with van der Waals surface area (Å²) in [6, 6.07) is 9.88. The molecule has 5 rings (SSSR count). The van der Waals surface area contributed by atoms with Gasteiger partial charge in [-0.1, -0.05) is 23.7 Å². The zero-order valence-electron chi connectivity index (χ0n) is 19.3. The largest absolute Gasteiger partial charge is 0.347 e. The third-order valence-corrected chi connectivity index (χ3v) is 6.70. The summed E-state index contributed by atoms with van der Waals surface area (Å²) in [4.78, 5) is 23.1. The Hall–Kier alpha value is -3.74. The molecule has 1 aliphatic heterocycles. The highest BCUT2D eigenvalue weighted by Crippen LogP contribution is 2.30. The Morgan fingerprint density at radius 2 is 2.09 bits per heavy atom. The van der Waals surface area contributed by atoms with E-state index < -0.39 is 5.82 Å². The lowest BCUT2D eigenvalue weighted by molar-refractivity contribution is 0.0908. The molecule has 4 aromatic rings. The van der Waals surface area contributed by atoms with Gasteiger partial charge in [0.15, 0.2) is 0 Å². The van der Waals surface area contributed by atoms with Gasteiger partial charge in [0, 0.05) is 42.5 Å². The van der Waals surface area contributed by atoms with Gasteiger partial charge in [-0.3, -0.25) is 14.0 Å². The highest BCUT2D eigenvalue weighted by atomic mass is 35.5. The van der Waals surface area contributed by atoms with Crippen LogP contribution in [0.2, 0.25) is 5.15 Å². The minimum atomic E-state index is -0.644. The normalized spacial score (nSPS) is 16.4. The minimum Gasteiger partial charge on any atom is -0.347 e. The van der Waals surface area contributed by atoms with Gasteiger partial charge in [0.05, 0.1) is 12.1 Å². The lowest BCUT2D eigenvalue weighted by atomic mass is 10.1. The molecule has 178 valence electrons. The number of carbonyl (C=O) groups excluding carboxylic acids is 1. The molecule has 1 N–H and O–H groups in total. The van der Waals surface area contributed by atoms with Crippen molar-refractivity contribution in [1.82, 2.24) is 29.5 Å². The van der Waals surface area contributed by atoms with E-state index >= 15 is 0 Å². The lowest BCUT2D eigenvalue weighted by Crippen LogP contribution is -2.46. The molecule has 0 saturated carbocycles. The number of aromatic nitrogens is 4. The molecule has 1 aliphatic rings. The monoisotopic (exact) mass is 491 g/mol. The maximum absolute atomic E-state index is 14.5. The number of nitrogens with one attached hydrogen (secondary N) is 1. The molecule has 8 nitrogen and oxygen atoms in total. The maximum Gasteiger partial charge on any atom is 0.271 e. The Morgan fingerprint density at radius 1 is 1.26 bits per heavy atom. The van der Waals surface area contributed by atoms with Crippen LogP contribution < -0.4 is 5.32 Å². The summed E-state index contributed by atoms with van der Waals surface area (Å²) in [6.07, 6.45) is 3.56. The summed E-state index contributed by atoms with van der Waals surface area (Å²) < 4.78 is 17.8. The summed E-state index contributed by atoms with van der Waals surface area (Å²) in [5.41, 5.74) is 2.02. The second-order valence-corrected chi connectivity index (χ2v) is 9.15. The van der Waals surface area contributed by atoms with Crippen LogP contribution in [-0.2, 0) is 7.05 Å². The van der Waals surface area contributed by atoms with Crippen molar-refractivity contribution in [2.45, 2.75) is 18.9 Å². The van der Waals surface area contributed by atoms with E-state index in [1.165, 1.54) is 12.1 Å². The number of carbonyl (C=O) groups is 1. The Kier molecular flexibility index (Phi) is 6.01. The zero-order valence-corrected chi connectivity index (χ0v) is 20.1. The van der Waals surface area contributed by atoms with Crippen LogP contribution in [0.25, 0.3) is 32.8 Å². The number of halogens is 2. The quantitative estimate of drug-likeness (QED) is 0.424. The van der Waals surface area contributed by atoms with E-state index in [-0.39, 0.29) is 23.3 Å². The summed E-state index contributed by atoms with van der Waals surface area (Å²) in [7, 11) is 3.80. The maximum atomic E-state index is 14.5. The van der Waals surface area contributed by atoms with Crippen LogP contribution in [0.5, 0.6) is 0 Å². The van der Waals surface area contributed by atoms with Gasteiger partial charge < -0.3 is 10.2 Å². The minimum absolute atomic E-state index is 0.0378. The van der Waals surface area contributed by atoms with Gasteiger partial charge in [0.25, 0.3) is 5.91 Å². The zero-order chi connectivity index (χ0) is 24.7. The molecule has 0 spiro atoms. The molecule has 2 aromatic carbocycles. The fraction of sp³-hybridized carbons (Fsp3) is 0.280. The summed E-state index contributed by atoms with van der Waals surface area (Å²) >= 11 is 6.42. The third kappa shape index (κ3) is 4.38. The van der Waals surface area contributed by atoms with Crippen LogP contribution in [0.4, 0.5) is 10.1 Å².